The van der Waals surface area contributed by atoms with Crippen LogP contribution in [0.15, 0.2) is 24.3 Å². The number of aryl methyl sites for hydroxylation is 1. The summed E-state index contributed by atoms with van der Waals surface area (Å²) in [7, 11) is 0. The number of hydrogen-bond donors (Lipinski definition) is 1. The van der Waals surface area contributed by atoms with Crippen LogP contribution in [0.4, 0.5) is 0 Å². The molecule has 1 aromatic rings. The summed E-state index contributed by atoms with van der Waals surface area (Å²) in [6, 6.07) is 8.14. The number of halogens is 1. The molecular weight excluding hydrogens is 290 g/mol. The van der Waals surface area contributed by atoms with Gasteiger partial charge in [0.2, 0.25) is 5.91 Å². The van der Waals surface area contributed by atoms with Gasteiger partial charge in [0.1, 0.15) is 0 Å². The maximum absolute atomic E-state index is 12.7. The molecule has 0 saturated carbocycles. The van der Waals surface area contributed by atoms with Gasteiger partial charge >= 0.3 is 5.97 Å². The van der Waals surface area contributed by atoms with Crippen LogP contribution in [-0.4, -0.2) is 35.0 Å². The lowest BCUT2D eigenvalue weighted by molar-refractivity contribution is -0.141. The van der Waals surface area contributed by atoms with Crippen molar-refractivity contribution in [2.45, 2.75) is 31.6 Å². The fraction of sp³-hybridized carbons (Fsp3) is 0.500. The van der Waals surface area contributed by atoms with Crippen LogP contribution in [0.3, 0.4) is 0 Å². The molecule has 0 bridgehead atoms. The summed E-state index contributed by atoms with van der Waals surface area (Å²) >= 11 is 0. The number of likely N-dealkylation sites (tertiary alicyclic amines) is 1. The van der Waals surface area contributed by atoms with Crippen molar-refractivity contribution in [2.75, 3.05) is 13.1 Å². The van der Waals surface area contributed by atoms with E-state index in [-0.39, 0.29) is 24.2 Å². The maximum Gasteiger partial charge on any atom is 0.308 e. The number of benzene rings is 1. The molecule has 1 amide bonds. The second-order valence-electron chi connectivity index (χ2n) is 5.75. The highest BCUT2D eigenvalue weighted by Gasteiger charge is 2.35. The molecule has 1 fully saturated rings. The molecular formula is C16H20ClNO3. The van der Waals surface area contributed by atoms with E-state index in [9.17, 15) is 9.59 Å². The summed E-state index contributed by atoms with van der Waals surface area (Å²) < 4.78 is 0. The number of carboxylic acids is 1. The van der Waals surface area contributed by atoms with Crippen molar-refractivity contribution < 1.29 is 14.7 Å². The molecule has 1 aromatic carbocycles. The van der Waals surface area contributed by atoms with Crippen LogP contribution in [0.5, 0.6) is 0 Å². The molecule has 3 rings (SSSR count). The van der Waals surface area contributed by atoms with Crippen LogP contribution in [-0.2, 0) is 16.0 Å². The number of hydrogen-bond acceptors (Lipinski definition) is 2. The first-order valence-corrected chi connectivity index (χ1v) is 7.26. The van der Waals surface area contributed by atoms with E-state index >= 15 is 0 Å². The van der Waals surface area contributed by atoms with Crippen LogP contribution in [0.1, 0.15) is 36.3 Å². The zero-order chi connectivity index (χ0) is 14.1. The van der Waals surface area contributed by atoms with E-state index in [4.69, 9.17) is 5.11 Å². The van der Waals surface area contributed by atoms with Crippen LogP contribution in [0, 0.1) is 5.92 Å². The van der Waals surface area contributed by atoms with E-state index in [1.807, 2.05) is 18.2 Å². The third-order valence-corrected chi connectivity index (χ3v) is 4.52. The van der Waals surface area contributed by atoms with Gasteiger partial charge in [-0.3, -0.25) is 9.59 Å². The Kier molecular flexibility index (Phi) is 4.88. The molecule has 1 heterocycles. The van der Waals surface area contributed by atoms with Gasteiger partial charge in [0.05, 0.1) is 11.8 Å². The molecule has 21 heavy (non-hydrogen) atoms. The van der Waals surface area contributed by atoms with Crippen molar-refractivity contribution in [2.24, 2.45) is 5.92 Å². The van der Waals surface area contributed by atoms with Gasteiger partial charge < -0.3 is 10.0 Å². The van der Waals surface area contributed by atoms with Crippen LogP contribution >= 0.6 is 12.4 Å². The second kappa shape index (κ2) is 6.48. The molecule has 0 spiro atoms. The molecule has 0 aromatic heterocycles. The van der Waals surface area contributed by atoms with Gasteiger partial charge in [-0.1, -0.05) is 24.3 Å². The fourth-order valence-electron chi connectivity index (χ4n) is 3.39. The quantitative estimate of drug-likeness (QED) is 0.913. The minimum absolute atomic E-state index is 0. The molecule has 1 N–H and O–H groups in total. The zero-order valence-corrected chi connectivity index (χ0v) is 12.6. The van der Waals surface area contributed by atoms with Gasteiger partial charge in [0, 0.05) is 13.1 Å². The molecule has 4 nitrogen and oxygen atoms in total. The Bertz CT molecular complexity index is 546. The normalized spacial score (nSPS) is 24.1. The van der Waals surface area contributed by atoms with E-state index in [0.29, 0.717) is 19.5 Å². The maximum atomic E-state index is 12.7. The minimum Gasteiger partial charge on any atom is -0.481 e. The van der Waals surface area contributed by atoms with E-state index in [1.165, 1.54) is 5.56 Å². The van der Waals surface area contributed by atoms with Crippen LogP contribution in [0.2, 0.25) is 0 Å². The molecule has 1 aliphatic heterocycles. The molecule has 1 saturated heterocycles. The van der Waals surface area contributed by atoms with E-state index in [0.717, 1.165) is 24.8 Å². The Morgan fingerprint density at radius 1 is 1.19 bits per heavy atom. The number of carbonyl (C=O) groups excluding carboxylic acids is 1. The standard InChI is InChI=1S/C16H19NO3.ClH/c18-15(17-9-8-12(10-17)16(19)20)14-7-3-5-11-4-1-2-6-13(11)14;/h1-2,4,6,12,14H,3,5,7-10H2,(H,19,20);1H. The van der Waals surface area contributed by atoms with Gasteiger partial charge in [-0.05, 0) is 36.8 Å². The molecule has 0 radical (unpaired) electrons. The van der Waals surface area contributed by atoms with Crippen molar-refractivity contribution in [3.05, 3.63) is 35.4 Å². The summed E-state index contributed by atoms with van der Waals surface area (Å²) in [5.41, 5.74) is 2.41. The number of rotatable bonds is 2. The number of carboxylic acid groups (broad SMARTS) is 1. The third kappa shape index (κ3) is 3.05. The molecule has 1 aliphatic carbocycles. The smallest absolute Gasteiger partial charge is 0.308 e. The number of aliphatic carboxylic acids is 1. The monoisotopic (exact) mass is 309 g/mol. The van der Waals surface area contributed by atoms with Crippen LogP contribution < -0.4 is 0 Å². The fourth-order valence-corrected chi connectivity index (χ4v) is 3.39. The highest BCUT2D eigenvalue weighted by atomic mass is 35.5. The zero-order valence-electron chi connectivity index (χ0n) is 11.8. The summed E-state index contributed by atoms with van der Waals surface area (Å²) in [6.07, 6.45) is 3.53. The molecule has 2 atom stereocenters. The van der Waals surface area contributed by atoms with E-state index in [1.54, 1.807) is 4.90 Å². The predicted octanol–water partition coefficient (Wildman–Crippen LogP) is 2.46. The Labute approximate surface area is 130 Å². The highest BCUT2D eigenvalue weighted by Crippen LogP contribution is 2.34. The first-order chi connectivity index (χ1) is 9.66. The van der Waals surface area contributed by atoms with Gasteiger partial charge in [0.15, 0.2) is 0 Å². The number of nitrogens with zero attached hydrogens (tertiary/aromatic N) is 1. The van der Waals surface area contributed by atoms with Crippen molar-refractivity contribution in [3.8, 4) is 0 Å². The lowest BCUT2D eigenvalue weighted by Gasteiger charge is -2.28. The highest BCUT2D eigenvalue weighted by molar-refractivity contribution is 5.86. The molecule has 2 aliphatic rings. The summed E-state index contributed by atoms with van der Waals surface area (Å²) in [5, 5.41) is 9.04. The Morgan fingerprint density at radius 3 is 2.67 bits per heavy atom. The van der Waals surface area contributed by atoms with Crippen molar-refractivity contribution in [1.82, 2.24) is 4.90 Å². The van der Waals surface area contributed by atoms with Crippen molar-refractivity contribution in [1.29, 1.82) is 0 Å². The number of carbonyl (C=O) groups is 2. The van der Waals surface area contributed by atoms with Gasteiger partial charge in [0.25, 0.3) is 0 Å². The summed E-state index contributed by atoms with van der Waals surface area (Å²) in [6.45, 7) is 0.946. The van der Waals surface area contributed by atoms with Crippen molar-refractivity contribution >= 4 is 24.3 Å². The number of fused-ring (bicyclic) bond motifs is 1. The first kappa shape index (κ1) is 15.8. The van der Waals surface area contributed by atoms with Gasteiger partial charge in [-0.2, -0.15) is 0 Å². The lowest BCUT2D eigenvalue weighted by atomic mass is 9.82. The predicted molar refractivity (Wildman–Crippen MR) is 81.7 cm³/mol. The average Bonchev–Trinajstić information content (AvgIpc) is 2.96. The largest absolute Gasteiger partial charge is 0.481 e. The van der Waals surface area contributed by atoms with Gasteiger partial charge in [-0.15, -0.1) is 12.4 Å². The Balaban J connectivity index is 0.00000161. The third-order valence-electron chi connectivity index (χ3n) is 4.52. The Morgan fingerprint density at radius 2 is 1.95 bits per heavy atom. The van der Waals surface area contributed by atoms with Crippen LogP contribution in [0.25, 0.3) is 0 Å². The average molecular weight is 310 g/mol. The SMILES string of the molecule is Cl.O=C(O)C1CCN(C(=O)C2CCCc3ccccc32)C1. The topological polar surface area (TPSA) is 57.6 Å². The molecule has 114 valence electrons. The Hall–Kier alpha value is -1.55. The minimum atomic E-state index is -0.788. The first-order valence-electron chi connectivity index (χ1n) is 7.26. The van der Waals surface area contributed by atoms with E-state index < -0.39 is 11.9 Å². The van der Waals surface area contributed by atoms with Crippen molar-refractivity contribution in [3.63, 3.8) is 0 Å². The molecule has 5 heteroatoms. The lowest BCUT2D eigenvalue weighted by Crippen LogP contribution is -2.35. The second-order valence-corrected chi connectivity index (χ2v) is 5.75. The summed E-state index contributed by atoms with van der Waals surface area (Å²) in [4.78, 5) is 25.4. The van der Waals surface area contributed by atoms with E-state index in [2.05, 4.69) is 6.07 Å². The number of amides is 1. The van der Waals surface area contributed by atoms with Gasteiger partial charge in [-0.25, -0.2) is 0 Å². The molecule has 2 unspecified atom stereocenters. The summed E-state index contributed by atoms with van der Waals surface area (Å²) in [5.74, 6) is -1.14.